The molecule has 176 valence electrons. The maximum absolute atomic E-state index is 12.3. The first kappa shape index (κ1) is 26.1. The lowest BCUT2D eigenvalue weighted by atomic mass is 9.80. The maximum Gasteiger partial charge on any atom is 0.227 e. The van der Waals surface area contributed by atoms with Crippen molar-refractivity contribution in [3.63, 3.8) is 0 Å². The molecule has 0 saturated carbocycles. The molecule has 2 atom stereocenters. The first-order chi connectivity index (χ1) is 15.5. The van der Waals surface area contributed by atoms with Gasteiger partial charge >= 0.3 is 0 Å². The molecule has 1 amide bonds. The Kier molecular flexibility index (Phi) is 10.4. The van der Waals surface area contributed by atoms with Crippen LogP contribution in [0.25, 0.3) is 0 Å². The summed E-state index contributed by atoms with van der Waals surface area (Å²) < 4.78 is 6.55. The van der Waals surface area contributed by atoms with E-state index in [-0.39, 0.29) is 23.5 Å². The van der Waals surface area contributed by atoms with Crippen molar-refractivity contribution in [3.8, 4) is 0 Å². The number of ether oxygens (including phenoxy) is 1. The van der Waals surface area contributed by atoms with Gasteiger partial charge in [0.05, 0.1) is 11.7 Å². The van der Waals surface area contributed by atoms with E-state index in [2.05, 4.69) is 54.0 Å². The standard InChI is InChI=1S/C26H36N2O2.C2H6/c1-5-7-11-23-20(4)30-26(14-16-27-17-15-26)18-24(23)21-9-8-10-22(13-12-21)28-25(29)19(3)6-2;1-2/h5,7-8,10-13,18-20,27H,6,9,14-17H2,1-4H3,(H,28,29);1-2H3/b7-5-,23-11+;. The summed E-state index contributed by atoms with van der Waals surface area (Å²) in [5.41, 5.74) is 4.43. The summed E-state index contributed by atoms with van der Waals surface area (Å²) in [5.74, 6) is 0.0895. The lowest BCUT2D eigenvalue weighted by Gasteiger charge is -2.43. The lowest BCUT2D eigenvalue weighted by Crippen LogP contribution is -2.47. The molecule has 2 N–H and O–H groups in total. The van der Waals surface area contributed by atoms with Crippen LogP contribution in [0.4, 0.5) is 0 Å². The van der Waals surface area contributed by atoms with E-state index in [0.29, 0.717) is 0 Å². The normalized spacial score (nSPS) is 24.8. The number of carbonyl (C=O) groups excluding carboxylic acids is 1. The lowest BCUT2D eigenvalue weighted by molar-refractivity contribution is -0.123. The second-order valence-corrected chi connectivity index (χ2v) is 8.50. The van der Waals surface area contributed by atoms with E-state index in [1.807, 2.05) is 46.8 Å². The number of hydrogen-bond acceptors (Lipinski definition) is 3. The average Bonchev–Trinajstić information content (AvgIpc) is 3.05. The minimum Gasteiger partial charge on any atom is -0.363 e. The summed E-state index contributed by atoms with van der Waals surface area (Å²) in [6.07, 6.45) is 20.7. The second-order valence-electron chi connectivity index (χ2n) is 8.50. The third-order valence-electron chi connectivity index (χ3n) is 6.26. The van der Waals surface area contributed by atoms with Crippen LogP contribution in [0.15, 0.2) is 71.0 Å². The van der Waals surface area contributed by atoms with Crippen molar-refractivity contribution in [2.75, 3.05) is 13.1 Å². The molecule has 1 fully saturated rings. The van der Waals surface area contributed by atoms with E-state index in [4.69, 9.17) is 4.74 Å². The van der Waals surface area contributed by atoms with Crippen LogP contribution < -0.4 is 10.6 Å². The Morgan fingerprint density at radius 2 is 2.03 bits per heavy atom. The summed E-state index contributed by atoms with van der Waals surface area (Å²) >= 11 is 0. The Morgan fingerprint density at radius 1 is 1.31 bits per heavy atom. The van der Waals surface area contributed by atoms with Gasteiger partial charge in [0.2, 0.25) is 5.91 Å². The van der Waals surface area contributed by atoms with Crippen LogP contribution in [0.2, 0.25) is 0 Å². The molecule has 4 heteroatoms. The van der Waals surface area contributed by atoms with Crippen LogP contribution >= 0.6 is 0 Å². The molecule has 0 aromatic carbocycles. The maximum atomic E-state index is 12.3. The highest BCUT2D eigenvalue weighted by molar-refractivity contribution is 5.80. The predicted octanol–water partition coefficient (Wildman–Crippen LogP) is 5.91. The number of nitrogens with one attached hydrogen (secondary N) is 2. The molecule has 32 heavy (non-hydrogen) atoms. The molecule has 2 aliphatic heterocycles. The Hall–Kier alpha value is -2.17. The van der Waals surface area contributed by atoms with Gasteiger partial charge < -0.3 is 15.4 Å². The average molecular weight is 439 g/mol. The van der Waals surface area contributed by atoms with E-state index < -0.39 is 0 Å². The molecule has 2 unspecified atom stereocenters. The molecule has 4 nitrogen and oxygen atoms in total. The SMILES string of the molecule is C/C=C\C=C1\C(C2=CC=C(NC(=O)C(C)CC)C=CC2)=CC2(CCNCC2)OC1C.CC. The smallest absolute Gasteiger partial charge is 0.227 e. The van der Waals surface area contributed by atoms with Crippen LogP contribution in [0.3, 0.4) is 0 Å². The van der Waals surface area contributed by atoms with Crippen molar-refractivity contribution in [1.82, 2.24) is 10.6 Å². The zero-order valence-electron chi connectivity index (χ0n) is 20.8. The molecule has 3 rings (SSSR count). The first-order valence-electron chi connectivity index (χ1n) is 12.3. The van der Waals surface area contributed by atoms with Crippen LogP contribution in [0, 0.1) is 5.92 Å². The summed E-state index contributed by atoms with van der Waals surface area (Å²) in [5, 5.41) is 6.51. The number of rotatable bonds is 5. The third-order valence-corrected chi connectivity index (χ3v) is 6.26. The summed E-state index contributed by atoms with van der Waals surface area (Å²) in [4.78, 5) is 12.3. The van der Waals surface area contributed by atoms with Gasteiger partial charge in [0.15, 0.2) is 0 Å². The van der Waals surface area contributed by atoms with Gasteiger partial charge in [-0.1, -0.05) is 58.1 Å². The Morgan fingerprint density at radius 3 is 2.69 bits per heavy atom. The quantitative estimate of drug-likeness (QED) is 0.560. The third kappa shape index (κ3) is 6.66. The first-order valence-corrected chi connectivity index (χ1v) is 12.3. The molecular weight excluding hydrogens is 396 g/mol. The van der Waals surface area contributed by atoms with Crippen LogP contribution in [0.5, 0.6) is 0 Å². The van der Waals surface area contributed by atoms with E-state index in [0.717, 1.165) is 44.5 Å². The summed E-state index contributed by atoms with van der Waals surface area (Å²) in [6.45, 7) is 14.2. The van der Waals surface area contributed by atoms with Gasteiger partial charge in [-0.15, -0.1) is 0 Å². The molecule has 0 aromatic rings. The van der Waals surface area contributed by atoms with Gasteiger partial charge in [-0.3, -0.25) is 4.79 Å². The van der Waals surface area contributed by atoms with Gasteiger partial charge in [-0.25, -0.2) is 0 Å². The second kappa shape index (κ2) is 12.8. The van der Waals surface area contributed by atoms with Crippen molar-refractivity contribution in [1.29, 1.82) is 0 Å². The van der Waals surface area contributed by atoms with Crippen LogP contribution in [-0.4, -0.2) is 30.7 Å². The fourth-order valence-corrected chi connectivity index (χ4v) is 4.19. The van der Waals surface area contributed by atoms with E-state index >= 15 is 0 Å². The van der Waals surface area contributed by atoms with Crippen LogP contribution in [-0.2, 0) is 9.53 Å². The number of allylic oxidation sites excluding steroid dienone is 8. The van der Waals surface area contributed by atoms with Crippen LogP contribution in [0.1, 0.15) is 67.2 Å². The van der Waals surface area contributed by atoms with Gasteiger partial charge in [0.1, 0.15) is 0 Å². The van der Waals surface area contributed by atoms with Gasteiger partial charge in [-0.05, 0) is 87.6 Å². The van der Waals surface area contributed by atoms with E-state index in [1.165, 1.54) is 16.7 Å². The van der Waals surface area contributed by atoms with Crippen molar-refractivity contribution in [2.24, 2.45) is 5.92 Å². The highest BCUT2D eigenvalue weighted by Crippen LogP contribution is 2.40. The van der Waals surface area contributed by atoms with E-state index in [9.17, 15) is 4.79 Å². The van der Waals surface area contributed by atoms with Crippen molar-refractivity contribution in [3.05, 3.63) is 71.0 Å². The number of amides is 1. The molecule has 1 aliphatic carbocycles. The number of piperidine rings is 1. The highest BCUT2D eigenvalue weighted by Gasteiger charge is 2.38. The molecule has 2 heterocycles. The van der Waals surface area contributed by atoms with Crippen molar-refractivity contribution in [2.45, 2.75) is 78.9 Å². The minimum atomic E-state index is -0.193. The minimum absolute atomic E-state index is 0.0141. The fourth-order valence-electron chi connectivity index (χ4n) is 4.19. The van der Waals surface area contributed by atoms with Gasteiger partial charge in [0, 0.05) is 11.6 Å². The monoisotopic (exact) mass is 438 g/mol. The van der Waals surface area contributed by atoms with Crippen molar-refractivity contribution < 1.29 is 9.53 Å². The molecule has 0 aromatic heterocycles. The largest absolute Gasteiger partial charge is 0.363 e. The van der Waals surface area contributed by atoms with Gasteiger partial charge in [-0.2, -0.15) is 0 Å². The molecule has 1 spiro atoms. The highest BCUT2D eigenvalue weighted by atomic mass is 16.5. The van der Waals surface area contributed by atoms with Crippen molar-refractivity contribution >= 4 is 5.91 Å². The molecular formula is C28H42N2O2. The van der Waals surface area contributed by atoms with E-state index in [1.54, 1.807) is 0 Å². The number of carbonyl (C=O) groups is 1. The Labute approximate surface area is 195 Å². The molecule has 1 saturated heterocycles. The zero-order chi connectivity index (χ0) is 23.6. The molecule has 0 radical (unpaired) electrons. The fraction of sp³-hybridized carbons (Fsp3) is 0.536. The molecule has 3 aliphatic rings. The molecule has 0 bridgehead atoms. The Bertz CT molecular complexity index is 820. The number of hydrogen-bond donors (Lipinski definition) is 2. The topological polar surface area (TPSA) is 50.4 Å². The zero-order valence-corrected chi connectivity index (χ0v) is 20.8. The summed E-state index contributed by atoms with van der Waals surface area (Å²) in [6, 6.07) is 0. The predicted molar refractivity (Wildman–Crippen MR) is 135 cm³/mol. The summed E-state index contributed by atoms with van der Waals surface area (Å²) in [7, 11) is 0. The Balaban J connectivity index is 0.00000176. The van der Waals surface area contributed by atoms with Gasteiger partial charge in [0.25, 0.3) is 0 Å².